The van der Waals surface area contributed by atoms with Gasteiger partial charge in [0.2, 0.25) is 0 Å². The van der Waals surface area contributed by atoms with Gasteiger partial charge in [0.15, 0.2) is 0 Å². The molecule has 0 aromatic heterocycles. The molecule has 1 atom stereocenters. The predicted molar refractivity (Wildman–Crippen MR) is 170 cm³/mol. The van der Waals surface area contributed by atoms with Crippen LogP contribution < -0.4 is 5.30 Å². The fourth-order valence-corrected chi connectivity index (χ4v) is 5.65. The van der Waals surface area contributed by atoms with Crippen LogP contribution in [0.5, 0.6) is 0 Å². The molecule has 2 heteroatoms. The molecule has 0 bridgehead atoms. The zero-order valence-corrected chi connectivity index (χ0v) is 24.6. The lowest BCUT2D eigenvalue weighted by Crippen LogP contribution is -2.16. The standard InChI is InChI=1S/C34H44BP/c1-10-16-27(29-22-30(33(4,5)6)24-31(23-29)34(7,8)9)19-15-18-26(3)28(17-11-2)25-36(35)32-20-13-12-14-21-32/h10-24H,1-2,25,35H2,3-9H3/b19-15+,26-18+,27-16+,28-17-. The quantitative estimate of drug-likeness (QED) is 0.186. The number of rotatable bonds is 9. The predicted octanol–water partition coefficient (Wildman–Crippen LogP) is 8.82. The van der Waals surface area contributed by atoms with Crippen LogP contribution in [0.25, 0.3) is 5.57 Å². The Hall–Kier alpha value is -2.63. The summed E-state index contributed by atoms with van der Waals surface area (Å²) in [5.74, 6) is 0. The smallest absolute Gasteiger partial charge is 0.114 e. The van der Waals surface area contributed by atoms with Gasteiger partial charge in [0.05, 0.1) is 0 Å². The van der Waals surface area contributed by atoms with Crippen LogP contribution in [0.15, 0.2) is 115 Å². The van der Waals surface area contributed by atoms with Crippen LogP contribution >= 0.6 is 7.80 Å². The van der Waals surface area contributed by atoms with Crippen LogP contribution in [-0.2, 0) is 10.8 Å². The van der Waals surface area contributed by atoms with Gasteiger partial charge in [-0.05, 0) is 62.6 Å². The van der Waals surface area contributed by atoms with Crippen molar-refractivity contribution < 1.29 is 0 Å². The molecule has 0 aliphatic heterocycles. The molecule has 188 valence electrons. The highest BCUT2D eigenvalue weighted by Crippen LogP contribution is 2.34. The SMILES string of the molecule is BP(CC(=C/C=C)/C(C)=C/C=C/C(=C\C=C)c1cc(C(C)(C)C)cc(C(C)(C)C)c1)c1ccccc1. The molecule has 0 N–H and O–H groups in total. The monoisotopic (exact) mass is 494 g/mol. The lowest BCUT2D eigenvalue weighted by molar-refractivity contribution is 0.568. The molecule has 0 aliphatic rings. The molecule has 0 spiro atoms. The van der Waals surface area contributed by atoms with Gasteiger partial charge in [-0.2, -0.15) is 0 Å². The second-order valence-corrected chi connectivity index (χ2v) is 13.7. The third-order valence-corrected chi connectivity index (χ3v) is 8.34. The Morgan fingerprint density at radius 3 is 1.89 bits per heavy atom. The molecular weight excluding hydrogens is 450 g/mol. The molecule has 1 unspecified atom stereocenters. The maximum Gasteiger partial charge on any atom is 0.140 e. The Balaban J connectivity index is 2.39. The largest absolute Gasteiger partial charge is 0.140 e. The fourth-order valence-electron chi connectivity index (χ4n) is 3.92. The van der Waals surface area contributed by atoms with Gasteiger partial charge in [-0.1, -0.05) is 146 Å². The van der Waals surface area contributed by atoms with Gasteiger partial charge in [0, 0.05) is 0 Å². The molecule has 0 radical (unpaired) electrons. The van der Waals surface area contributed by atoms with Gasteiger partial charge in [-0.25, -0.2) is 0 Å². The summed E-state index contributed by atoms with van der Waals surface area (Å²) in [4.78, 5) is 0. The number of hydrogen-bond acceptors (Lipinski definition) is 0. The maximum absolute atomic E-state index is 3.98. The van der Waals surface area contributed by atoms with Crippen molar-refractivity contribution in [2.45, 2.75) is 59.3 Å². The average Bonchev–Trinajstić information content (AvgIpc) is 2.82. The zero-order chi connectivity index (χ0) is 26.9. The number of hydrogen-bond donors (Lipinski definition) is 0. The second kappa shape index (κ2) is 13.1. The van der Waals surface area contributed by atoms with E-state index < -0.39 is 0 Å². The maximum atomic E-state index is 3.98. The van der Waals surface area contributed by atoms with E-state index in [0.29, 0.717) is 0 Å². The summed E-state index contributed by atoms with van der Waals surface area (Å²) in [6.07, 6.45) is 15.7. The summed E-state index contributed by atoms with van der Waals surface area (Å²) in [5.41, 5.74) is 7.88. The first-order valence-corrected chi connectivity index (χ1v) is 14.8. The molecule has 0 fully saturated rings. The highest BCUT2D eigenvalue weighted by Gasteiger charge is 2.21. The summed E-state index contributed by atoms with van der Waals surface area (Å²) in [5, 5.41) is 1.43. The molecule has 2 aromatic carbocycles. The summed E-state index contributed by atoms with van der Waals surface area (Å²) in [6, 6.07) is 17.8. The van der Waals surface area contributed by atoms with Crippen LogP contribution in [0.4, 0.5) is 0 Å². The topological polar surface area (TPSA) is 0 Å². The molecule has 2 rings (SSSR count). The van der Waals surface area contributed by atoms with E-state index in [1.54, 1.807) is 0 Å². The van der Waals surface area contributed by atoms with Crippen molar-refractivity contribution in [3.63, 3.8) is 0 Å². The van der Waals surface area contributed by atoms with E-state index in [9.17, 15) is 0 Å². The van der Waals surface area contributed by atoms with Gasteiger partial charge in [-0.15, -0.1) is 7.80 Å². The summed E-state index contributed by atoms with van der Waals surface area (Å²) in [7, 11) is 2.09. The summed E-state index contributed by atoms with van der Waals surface area (Å²) in [6.45, 7) is 23.8. The lowest BCUT2D eigenvalue weighted by Gasteiger charge is -2.26. The van der Waals surface area contributed by atoms with Crippen molar-refractivity contribution in [2.75, 3.05) is 6.16 Å². The molecule has 0 heterocycles. The normalized spacial score (nSPS) is 14.7. The van der Waals surface area contributed by atoms with E-state index in [1.807, 2.05) is 12.2 Å². The van der Waals surface area contributed by atoms with Gasteiger partial charge in [0.25, 0.3) is 0 Å². The van der Waals surface area contributed by atoms with E-state index in [-0.39, 0.29) is 18.6 Å². The minimum Gasteiger partial charge on any atom is -0.114 e. The third kappa shape index (κ3) is 8.79. The first kappa shape index (κ1) is 29.6. The van der Waals surface area contributed by atoms with Gasteiger partial charge >= 0.3 is 0 Å². The van der Waals surface area contributed by atoms with E-state index in [1.165, 1.54) is 38.7 Å². The first-order valence-electron chi connectivity index (χ1n) is 12.8. The van der Waals surface area contributed by atoms with Crippen molar-refractivity contribution in [3.8, 4) is 0 Å². The second-order valence-electron chi connectivity index (χ2n) is 11.5. The molecule has 0 aliphatic carbocycles. The Kier molecular flexibility index (Phi) is 10.8. The Bertz CT molecular complexity index is 1130. The van der Waals surface area contributed by atoms with Gasteiger partial charge in [-0.3, -0.25) is 0 Å². The molecule has 0 saturated carbocycles. The zero-order valence-electron chi connectivity index (χ0n) is 23.7. The van der Waals surface area contributed by atoms with Gasteiger partial charge < -0.3 is 0 Å². The van der Waals surface area contributed by atoms with E-state index in [0.717, 1.165) is 6.16 Å². The molecular formula is C34H44BP. The molecule has 0 saturated heterocycles. The Morgan fingerprint density at radius 1 is 0.833 bits per heavy atom. The van der Waals surface area contributed by atoms with Crippen LogP contribution in [0.2, 0.25) is 0 Å². The average molecular weight is 495 g/mol. The van der Waals surface area contributed by atoms with Crippen molar-refractivity contribution in [1.82, 2.24) is 0 Å². The van der Waals surface area contributed by atoms with Crippen molar-refractivity contribution in [3.05, 3.63) is 132 Å². The highest BCUT2D eigenvalue weighted by molar-refractivity contribution is 7.88. The Morgan fingerprint density at radius 2 is 1.39 bits per heavy atom. The van der Waals surface area contributed by atoms with E-state index in [2.05, 4.69) is 148 Å². The Labute approximate surface area is 223 Å². The van der Waals surface area contributed by atoms with E-state index in [4.69, 9.17) is 0 Å². The minimum absolute atomic E-state index is 0.0805. The fraction of sp³-hybridized carbons (Fsp3) is 0.294. The van der Waals surface area contributed by atoms with Crippen LogP contribution in [0.3, 0.4) is 0 Å². The molecule has 2 aromatic rings. The van der Waals surface area contributed by atoms with Gasteiger partial charge in [0.1, 0.15) is 7.57 Å². The lowest BCUT2D eigenvalue weighted by atomic mass is 9.79. The van der Waals surface area contributed by atoms with E-state index >= 15 is 0 Å². The first-order chi connectivity index (χ1) is 16.9. The molecule has 36 heavy (non-hydrogen) atoms. The van der Waals surface area contributed by atoms with Crippen molar-refractivity contribution in [1.29, 1.82) is 0 Å². The summed E-state index contributed by atoms with van der Waals surface area (Å²) < 4.78 is 0. The summed E-state index contributed by atoms with van der Waals surface area (Å²) >= 11 is 0. The van der Waals surface area contributed by atoms with Crippen molar-refractivity contribution >= 4 is 26.2 Å². The van der Waals surface area contributed by atoms with Crippen LogP contribution in [0.1, 0.15) is 65.2 Å². The molecule has 0 amide bonds. The minimum atomic E-state index is -0.264. The highest BCUT2D eigenvalue weighted by atomic mass is 31.1. The number of benzene rings is 2. The molecule has 0 nitrogen and oxygen atoms in total. The van der Waals surface area contributed by atoms with Crippen LogP contribution in [-0.4, -0.2) is 13.7 Å². The van der Waals surface area contributed by atoms with Crippen LogP contribution in [0, 0.1) is 0 Å². The van der Waals surface area contributed by atoms with Crippen molar-refractivity contribution in [2.24, 2.45) is 0 Å². The third-order valence-electron chi connectivity index (χ3n) is 6.35. The number of allylic oxidation sites excluding steroid dienone is 10.